The van der Waals surface area contributed by atoms with Gasteiger partial charge in [-0.25, -0.2) is 0 Å². The fourth-order valence-electron chi connectivity index (χ4n) is 2.36. The Balaban J connectivity index is 2.03. The van der Waals surface area contributed by atoms with Crippen molar-refractivity contribution in [2.75, 3.05) is 18.4 Å². The van der Waals surface area contributed by atoms with E-state index >= 15 is 0 Å². The predicted molar refractivity (Wildman–Crippen MR) is 75.0 cm³/mol. The molecule has 1 amide bonds. The molecule has 0 spiro atoms. The summed E-state index contributed by atoms with van der Waals surface area (Å²) < 4.78 is 38.2. The van der Waals surface area contributed by atoms with Crippen LogP contribution in [0.1, 0.15) is 25.0 Å². The van der Waals surface area contributed by atoms with Crippen molar-refractivity contribution in [3.05, 3.63) is 29.3 Å². The maximum Gasteiger partial charge on any atom is 0.416 e. The molecule has 0 atom stereocenters. The SMILES string of the molecule is Cc1cc(NC(=O)C2CN(C(C)C)C2)cc(C(F)(F)F)c1. The second-order valence-electron chi connectivity index (χ2n) is 5.82. The number of rotatable bonds is 3. The van der Waals surface area contributed by atoms with Crippen LogP contribution >= 0.6 is 0 Å². The van der Waals surface area contributed by atoms with Crippen LogP contribution in [0.3, 0.4) is 0 Å². The zero-order chi connectivity index (χ0) is 15.8. The molecule has 3 nitrogen and oxygen atoms in total. The number of hydrogen-bond donors (Lipinski definition) is 1. The summed E-state index contributed by atoms with van der Waals surface area (Å²) in [6.45, 7) is 6.98. The maximum absolute atomic E-state index is 12.7. The van der Waals surface area contributed by atoms with E-state index < -0.39 is 11.7 Å². The zero-order valence-electron chi connectivity index (χ0n) is 12.3. The van der Waals surface area contributed by atoms with E-state index in [4.69, 9.17) is 0 Å². The average Bonchev–Trinajstić information content (AvgIpc) is 2.23. The fraction of sp³-hybridized carbons (Fsp3) is 0.533. The van der Waals surface area contributed by atoms with Crippen molar-refractivity contribution in [2.24, 2.45) is 5.92 Å². The number of halogens is 3. The third-order valence-corrected chi connectivity index (χ3v) is 3.68. The lowest BCUT2D eigenvalue weighted by Gasteiger charge is -2.41. The van der Waals surface area contributed by atoms with Gasteiger partial charge in [-0.1, -0.05) is 0 Å². The van der Waals surface area contributed by atoms with Gasteiger partial charge in [0.25, 0.3) is 0 Å². The topological polar surface area (TPSA) is 32.3 Å². The number of carbonyl (C=O) groups excluding carboxylic acids is 1. The summed E-state index contributed by atoms with van der Waals surface area (Å²) in [5, 5.41) is 2.59. The van der Waals surface area contributed by atoms with E-state index in [1.54, 1.807) is 13.0 Å². The number of likely N-dealkylation sites (tertiary alicyclic amines) is 1. The first-order valence-electron chi connectivity index (χ1n) is 6.90. The summed E-state index contributed by atoms with van der Waals surface area (Å²) in [6.07, 6.45) is -4.41. The molecule has 1 saturated heterocycles. The van der Waals surface area contributed by atoms with Gasteiger partial charge < -0.3 is 5.32 Å². The van der Waals surface area contributed by atoms with Gasteiger partial charge in [-0.05, 0) is 44.5 Å². The second-order valence-corrected chi connectivity index (χ2v) is 5.82. The number of carbonyl (C=O) groups is 1. The molecular formula is C15H19F3N2O. The minimum Gasteiger partial charge on any atom is -0.326 e. The maximum atomic E-state index is 12.7. The molecule has 2 rings (SSSR count). The molecule has 21 heavy (non-hydrogen) atoms. The molecule has 0 unspecified atom stereocenters. The quantitative estimate of drug-likeness (QED) is 0.929. The third kappa shape index (κ3) is 3.75. The first-order chi connectivity index (χ1) is 9.66. The molecule has 1 fully saturated rings. The Morgan fingerprint density at radius 3 is 2.43 bits per heavy atom. The van der Waals surface area contributed by atoms with Crippen molar-refractivity contribution in [1.29, 1.82) is 0 Å². The van der Waals surface area contributed by atoms with E-state index in [-0.39, 0.29) is 17.5 Å². The van der Waals surface area contributed by atoms with Crippen LogP contribution in [0.5, 0.6) is 0 Å². The van der Waals surface area contributed by atoms with Crippen LogP contribution in [0.15, 0.2) is 18.2 Å². The number of benzene rings is 1. The summed E-state index contributed by atoms with van der Waals surface area (Å²) in [6, 6.07) is 3.97. The summed E-state index contributed by atoms with van der Waals surface area (Å²) >= 11 is 0. The van der Waals surface area contributed by atoms with Gasteiger partial charge in [0.1, 0.15) is 0 Å². The lowest BCUT2D eigenvalue weighted by molar-refractivity contribution is -0.137. The van der Waals surface area contributed by atoms with Crippen LogP contribution in [0.2, 0.25) is 0 Å². The van der Waals surface area contributed by atoms with Gasteiger partial charge >= 0.3 is 6.18 Å². The van der Waals surface area contributed by atoms with Gasteiger partial charge in [-0.2, -0.15) is 13.2 Å². The second kappa shape index (κ2) is 5.67. The molecule has 0 aliphatic carbocycles. The van der Waals surface area contributed by atoms with Crippen LogP contribution in [0.4, 0.5) is 18.9 Å². The van der Waals surface area contributed by atoms with E-state index in [1.807, 2.05) is 13.8 Å². The number of alkyl halides is 3. The van der Waals surface area contributed by atoms with Crippen molar-refractivity contribution in [1.82, 2.24) is 4.90 Å². The van der Waals surface area contributed by atoms with Crippen LogP contribution in [-0.2, 0) is 11.0 Å². The van der Waals surface area contributed by atoms with Crippen LogP contribution in [-0.4, -0.2) is 29.9 Å². The molecule has 1 heterocycles. The Bertz CT molecular complexity index is 534. The van der Waals surface area contributed by atoms with Crippen LogP contribution in [0.25, 0.3) is 0 Å². The van der Waals surface area contributed by atoms with E-state index in [9.17, 15) is 18.0 Å². The Morgan fingerprint density at radius 2 is 1.90 bits per heavy atom. The van der Waals surface area contributed by atoms with Gasteiger partial charge in [0, 0.05) is 24.8 Å². The van der Waals surface area contributed by atoms with Crippen molar-refractivity contribution in [3.63, 3.8) is 0 Å². The summed E-state index contributed by atoms with van der Waals surface area (Å²) in [7, 11) is 0. The summed E-state index contributed by atoms with van der Waals surface area (Å²) in [4.78, 5) is 14.2. The number of aryl methyl sites for hydroxylation is 1. The monoisotopic (exact) mass is 300 g/mol. The first-order valence-corrected chi connectivity index (χ1v) is 6.90. The van der Waals surface area contributed by atoms with E-state index in [2.05, 4.69) is 10.2 Å². The van der Waals surface area contributed by atoms with E-state index in [0.717, 1.165) is 12.1 Å². The Labute approximate surface area is 122 Å². The minimum absolute atomic E-state index is 0.151. The predicted octanol–water partition coefficient (Wildman–Crippen LogP) is 3.29. The highest BCUT2D eigenvalue weighted by Gasteiger charge is 2.34. The molecule has 1 aliphatic heterocycles. The number of amides is 1. The molecule has 0 radical (unpaired) electrons. The highest BCUT2D eigenvalue weighted by molar-refractivity contribution is 5.93. The Kier molecular flexibility index (Phi) is 4.27. The van der Waals surface area contributed by atoms with Gasteiger partial charge in [-0.3, -0.25) is 9.69 Å². The number of nitrogens with zero attached hydrogens (tertiary/aromatic N) is 1. The minimum atomic E-state index is -4.41. The highest BCUT2D eigenvalue weighted by atomic mass is 19.4. The van der Waals surface area contributed by atoms with Gasteiger partial charge in [0.2, 0.25) is 5.91 Å². The molecular weight excluding hydrogens is 281 g/mol. The standard InChI is InChI=1S/C15H19F3N2O/c1-9(2)20-7-11(8-20)14(21)19-13-5-10(3)4-12(6-13)15(16,17)18/h4-6,9,11H,7-8H2,1-3H3,(H,19,21). The van der Waals surface area contributed by atoms with Crippen molar-refractivity contribution < 1.29 is 18.0 Å². The average molecular weight is 300 g/mol. The van der Waals surface area contributed by atoms with Crippen LogP contribution < -0.4 is 5.32 Å². The molecule has 1 aliphatic rings. The van der Waals surface area contributed by atoms with Crippen LogP contribution in [0, 0.1) is 12.8 Å². The molecule has 0 aromatic heterocycles. The van der Waals surface area contributed by atoms with E-state index in [1.165, 1.54) is 0 Å². The molecule has 6 heteroatoms. The largest absolute Gasteiger partial charge is 0.416 e. The van der Waals surface area contributed by atoms with Gasteiger partial charge in [0.05, 0.1) is 11.5 Å². The van der Waals surface area contributed by atoms with Crippen molar-refractivity contribution >= 4 is 11.6 Å². The number of nitrogens with one attached hydrogen (secondary N) is 1. The third-order valence-electron chi connectivity index (χ3n) is 3.68. The fourth-order valence-corrected chi connectivity index (χ4v) is 2.36. The molecule has 1 aromatic rings. The summed E-state index contributed by atoms with van der Waals surface area (Å²) in [5.74, 6) is -0.368. The number of anilines is 1. The zero-order valence-corrected chi connectivity index (χ0v) is 12.3. The summed E-state index contributed by atoms with van der Waals surface area (Å²) in [5.41, 5.74) is -0.0666. The van der Waals surface area contributed by atoms with Crippen molar-refractivity contribution in [2.45, 2.75) is 33.0 Å². The Hall–Kier alpha value is -1.56. The normalized spacial score (nSPS) is 16.9. The Morgan fingerprint density at radius 1 is 1.29 bits per heavy atom. The lowest BCUT2D eigenvalue weighted by Crippen LogP contribution is -2.54. The molecule has 116 valence electrons. The van der Waals surface area contributed by atoms with Crippen molar-refractivity contribution in [3.8, 4) is 0 Å². The smallest absolute Gasteiger partial charge is 0.326 e. The number of hydrogen-bond acceptors (Lipinski definition) is 2. The molecule has 0 bridgehead atoms. The lowest BCUT2D eigenvalue weighted by atomic mass is 9.97. The highest BCUT2D eigenvalue weighted by Crippen LogP contribution is 2.32. The van der Waals surface area contributed by atoms with Gasteiger partial charge in [-0.15, -0.1) is 0 Å². The molecule has 1 aromatic carbocycles. The van der Waals surface area contributed by atoms with Gasteiger partial charge in [0.15, 0.2) is 0 Å². The first kappa shape index (κ1) is 15.8. The van der Waals surface area contributed by atoms with E-state index in [0.29, 0.717) is 24.7 Å². The molecule has 0 saturated carbocycles. The molecule has 1 N–H and O–H groups in total.